The van der Waals surface area contributed by atoms with Crippen LogP contribution in [0.25, 0.3) is 0 Å². The Bertz CT molecular complexity index is 1940. The molecule has 57 heavy (non-hydrogen) atoms. The van der Waals surface area contributed by atoms with Gasteiger partial charge < -0.3 is 29.2 Å². The Morgan fingerprint density at radius 2 is 1.04 bits per heavy atom. The summed E-state index contributed by atoms with van der Waals surface area (Å²) < 4.78 is 34.8. The number of carbonyl (C=O) groups excluding carboxylic acids is 2. The first-order valence-corrected chi connectivity index (χ1v) is 16.6. The van der Waals surface area contributed by atoms with Gasteiger partial charge in [-0.2, -0.15) is 0 Å². The first-order valence-electron chi connectivity index (χ1n) is 16.0. The third-order valence-corrected chi connectivity index (χ3v) is 7.17. The second kappa shape index (κ2) is 27.9. The van der Waals surface area contributed by atoms with Gasteiger partial charge in [-0.25, -0.2) is 18.4 Å². The lowest BCUT2D eigenvalue weighted by molar-refractivity contribution is 0.131. The highest BCUT2D eigenvalue weighted by Crippen LogP contribution is 2.18. The predicted octanol–water partition coefficient (Wildman–Crippen LogP) is 9.85. The predicted molar refractivity (Wildman–Crippen MR) is 221 cm³/mol. The molecule has 0 spiro atoms. The van der Waals surface area contributed by atoms with E-state index in [4.69, 9.17) is 26.5 Å². The second-order valence-corrected chi connectivity index (χ2v) is 10.8. The molecule has 2 amide bonds. The van der Waals surface area contributed by atoms with Crippen LogP contribution in [0.4, 0.5) is 29.7 Å². The number of halogens is 3. The molecule has 0 fully saturated rings. The number of carbonyl (C=O) groups is 2. The number of anilines is 2. The van der Waals surface area contributed by atoms with Crippen LogP contribution in [0.3, 0.4) is 0 Å². The topological polar surface area (TPSA) is 174 Å². The number of benzene rings is 4. The minimum atomic E-state index is -0.576. The molecule has 0 aromatic heterocycles. The highest BCUT2D eigenvalue weighted by atomic mass is 35.5. The first kappa shape index (κ1) is 50.5. The van der Waals surface area contributed by atoms with Crippen molar-refractivity contribution >= 4 is 58.0 Å². The SMILES string of the molecule is C.C.CO/N=C(/C(C)=N/O)c1ccc(F)cc1.CO/N=C(/C(C)=N/OCc1ccccc1NC(=O)OC)c1ccc(F)cc1.COC(=O)Nc1ccccc1CCl. The molecule has 3 N–H and O–H groups in total. The Balaban J connectivity index is 0.000000888. The van der Waals surface area contributed by atoms with Gasteiger partial charge in [0.1, 0.15) is 55.3 Å². The van der Waals surface area contributed by atoms with E-state index in [1.807, 2.05) is 24.3 Å². The van der Waals surface area contributed by atoms with Gasteiger partial charge in [-0.15, -0.1) is 11.6 Å². The summed E-state index contributed by atoms with van der Waals surface area (Å²) in [5.41, 5.74) is 5.60. The Morgan fingerprint density at radius 3 is 1.44 bits per heavy atom. The van der Waals surface area contributed by atoms with E-state index in [1.165, 1.54) is 64.8 Å². The zero-order chi connectivity index (χ0) is 40.6. The van der Waals surface area contributed by atoms with E-state index in [-0.39, 0.29) is 33.1 Å². The van der Waals surface area contributed by atoms with Crippen LogP contribution in [0.15, 0.2) is 118 Å². The number of alkyl halides is 1. The third-order valence-electron chi connectivity index (χ3n) is 6.88. The van der Waals surface area contributed by atoms with Crippen LogP contribution in [-0.2, 0) is 36.5 Å². The first-order chi connectivity index (χ1) is 26.5. The summed E-state index contributed by atoms with van der Waals surface area (Å²) in [6.07, 6.45) is -1.06. The maximum absolute atomic E-state index is 13.1. The molecule has 4 aromatic rings. The van der Waals surface area contributed by atoms with E-state index < -0.39 is 12.2 Å². The molecule has 0 unspecified atom stereocenters. The van der Waals surface area contributed by atoms with Crippen molar-refractivity contribution in [3.63, 3.8) is 0 Å². The summed E-state index contributed by atoms with van der Waals surface area (Å²) in [5.74, 6) is -0.328. The van der Waals surface area contributed by atoms with Crippen molar-refractivity contribution in [2.45, 2.75) is 41.2 Å². The standard InChI is InChI=1S/C19H20FN3O4.C10H11FN2O2.C9H10ClNO2.2CH4/c1-13(18(23-26-3)14-8-10-16(20)11-9-14)22-27-12-15-6-4-5-7-17(15)21-19(24)25-2;1-7(12-14)10(13-15-2)8-3-5-9(11)6-4-8;1-13-9(12)11-8-5-3-2-4-7(8)6-10;;/h4-11H,12H2,1-3H3,(H,21,24);3-6,14H,1-2H3;2-5H,6H2,1H3,(H,11,12);2*1H4/b22-13+,23-18-;12-7+,13-10-;;;. The van der Waals surface area contributed by atoms with Crippen LogP contribution in [0.1, 0.15) is 51.0 Å². The van der Waals surface area contributed by atoms with E-state index in [0.717, 1.165) is 5.56 Å². The van der Waals surface area contributed by atoms with Crippen LogP contribution in [0.5, 0.6) is 0 Å². The Morgan fingerprint density at radius 1 is 0.632 bits per heavy atom. The number of oxime groups is 4. The van der Waals surface area contributed by atoms with Gasteiger partial charge in [-0.3, -0.25) is 10.6 Å². The van der Waals surface area contributed by atoms with Gasteiger partial charge >= 0.3 is 12.2 Å². The number of rotatable bonds is 12. The average Bonchev–Trinajstić information content (AvgIpc) is 3.20. The fourth-order valence-electron chi connectivity index (χ4n) is 4.19. The van der Waals surface area contributed by atoms with Gasteiger partial charge in [0.2, 0.25) is 0 Å². The molecule has 0 saturated heterocycles. The Labute approximate surface area is 336 Å². The van der Waals surface area contributed by atoms with Crippen LogP contribution in [0.2, 0.25) is 0 Å². The summed E-state index contributed by atoms with van der Waals surface area (Å²) in [4.78, 5) is 37.1. The molecule has 0 aliphatic heterocycles. The van der Waals surface area contributed by atoms with E-state index >= 15 is 0 Å². The molecule has 0 aliphatic carbocycles. The molecular formula is C40H49ClF2N6O8. The summed E-state index contributed by atoms with van der Waals surface area (Å²) in [5, 5.41) is 28.5. The number of ether oxygens (including phenoxy) is 2. The number of para-hydroxylation sites is 2. The normalized spacial score (nSPS) is 11.0. The van der Waals surface area contributed by atoms with Gasteiger partial charge in [-0.05, 0) is 80.1 Å². The lowest BCUT2D eigenvalue weighted by Gasteiger charge is -2.10. The fourth-order valence-corrected chi connectivity index (χ4v) is 4.42. The zero-order valence-electron chi connectivity index (χ0n) is 30.9. The zero-order valence-corrected chi connectivity index (χ0v) is 31.6. The maximum atomic E-state index is 13.1. The van der Waals surface area contributed by atoms with Gasteiger partial charge in [0.25, 0.3) is 0 Å². The van der Waals surface area contributed by atoms with Crippen molar-refractivity contribution in [1.82, 2.24) is 0 Å². The maximum Gasteiger partial charge on any atom is 0.411 e. The molecule has 0 atom stereocenters. The highest BCUT2D eigenvalue weighted by Gasteiger charge is 2.12. The van der Waals surface area contributed by atoms with E-state index in [9.17, 15) is 18.4 Å². The van der Waals surface area contributed by atoms with E-state index in [1.54, 1.807) is 50.2 Å². The van der Waals surface area contributed by atoms with Crippen LogP contribution in [0, 0.1) is 11.6 Å². The van der Waals surface area contributed by atoms with Gasteiger partial charge in [0.05, 0.1) is 19.9 Å². The largest absolute Gasteiger partial charge is 0.453 e. The van der Waals surface area contributed by atoms with Crippen LogP contribution >= 0.6 is 11.6 Å². The minimum Gasteiger partial charge on any atom is -0.453 e. The number of nitrogens with zero attached hydrogens (tertiary/aromatic N) is 4. The van der Waals surface area contributed by atoms with Crippen molar-refractivity contribution in [3.05, 3.63) is 131 Å². The lowest BCUT2D eigenvalue weighted by atomic mass is 10.1. The number of amides is 2. The van der Waals surface area contributed by atoms with Crippen molar-refractivity contribution in [1.29, 1.82) is 0 Å². The number of hydrogen-bond acceptors (Lipinski definition) is 12. The lowest BCUT2D eigenvalue weighted by Crippen LogP contribution is -2.14. The van der Waals surface area contributed by atoms with Crippen molar-refractivity contribution < 1.29 is 47.6 Å². The van der Waals surface area contributed by atoms with Gasteiger partial charge in [0, 0.05) is 28.3 Å². The Hall–Kier alpha value is -6.55. The molecule has 14 nitrogen and oxygen atoms in total. The smallest absolute Gasteiger partial charge is 0.411 e. The van der Waals surface area contributed by atoms with Crippen molar-refractivity contribution in [2.75, 3.05) is 39.1 Å². The molecule has 4 aromatic carbocycles. The van der Waals surface area contributed by atoms with Crippen molar-refractivity contribution in [3.8, 4) is 0 Å². The molecule has 0 aliphatic rings. The molecule has 308 valence electrons. The molecule has 0 radical (unpaired) electrons. The molecule has 0 saturated carbocycles. The molecule has 4 rings (SSSR count). The quantitative estimate of drug-likeness (QED) is 0.0548. The van der Waals surface area contributed by atoms with E-state index in [2.05, 4.69) is 45.6 Å². The monoisotopic (exact) mass is 814 g/mol. The van der Waals surface area contributed by atoms with Gasteiger partial charge in [0.15, 0.2) is 0 Å². The molecule has 0 bridgehead atoms. The number of methoxy groups -OCH3 is 2. The van der Waals surface area contributed by atoms with Crippen LogP contribution < -0.4 is 10.6 Å². The highest BCUT2D eigenvalue weighted by molar-refractivity contribution is 6.47. The Kier molecular flexibility index (Phi) is 24.7. The third kappa shape index (κ3) is 17.6. The van der Waals surface area contributed by atoms with Gasteiger partial charge in [-0.1, -0.05) is 71.9 Å². The average molecular weight is 815 g/mol. The van der Waals surface area contributed by atoms with E-state index in [0.29, 0.717) is 56.8 Å². The number of hydrogen-bond donors (Lipinski definition) is 3. The summed E-state index contributed by atoms with van der Waals surface area (Å²) in [6.45, 7) is 3.38. The molecule has 17 heteroatoms. The van der Waals surface area contributed by atoms with Crippen molar-refractivity contribution in [2.24, 2.45) is 20.6 Å². The fraction of sp³-hybridized carbons (Fsp3) is 0.250. The second-order valence-electron chi connectivity index (χ2n) is 10.6. The number of nitrogens with one attached hydrogen (secondary N) is 2. The minimum absolute atomic E-state index is 0. The summed E-state index contributed by atoms with van der Waals surface area (Å²) in [6, 6.07) is 25.8. The van der Waals surface area contributed by atoms with Crippen LogP contribution in [-0.4, -0.2) is 68.7 Å². The summed E-state index contributed by atoms with van der Waals surface area (Å²) >= 11 is 5.67. The molecule has 0 heterocycles. The summed E-state index contributed by atoms with van der Waals surface area (Å²) in [7, 11) is 5.40. The molecular weight excluding hydrogens is 766 g/mol.